The third kappa shape index (κ3) is 5.07. The molecule has 0 saturated heterocycles. The number of carbonyl (C=O) groups is 1. The summed E-state index contributed by atoms with van der Waals surface area (Å²) in [5.41, 5.74) is 3.41. The highest BCUT2D eigenvalue weighted by molar-refractivity contribution is 6.33. The van der Waals surface area contributed by atoms with Crippen LogP contribution < -0.4 is 4.90 Å². The molecule has 0 radical (unpaired) electrons. The summed E-state index contributed by atoms with van der Waals surface area (Å²) in [6.07, 6.45) is 1.78. The smallest absolute Gasteiger partial charge is 0.182 e. The van der Waals surface area contributed by atoms with Gasteiger partial charge in [-0.1, -0.05) is 17.7 Å². The van der Waals surface area contributed by atoms with Crippen LogP contribution in [0.1, 0.15) is 28.4 Å². The van der Waals surface area contributed by atoms with Gasteiger partial charge in [-0.3, -0.25) is 4.79 Å². The molecule has 0 atom stereocenters. The van der Waals surface area contributed by atoms with Crippen molar-refractivity contribution in [2.45, 2.75) is 20.8 Å². The lowest BCUT2D eigenvalue weighted by Crippen LogP contribution is -2.27. The molecule has 0 aliphatic carbocycles. The van der Waals surface area contributed by atoms with Crippen molar-refractivity contribution in [1.82, 2.24) is 4.90 Å². The van der Waals surface area contributed by atoms with Crippen LogP contribution in [0.25, 0.3) is 0 Å². The Morgan fingerprint density at radius 1 is 1.22 bits per heavy atom. The first-order valence-electron chi connectivity index (χ1n) is 8.78. The van der Waals surface area contributed by atoms with Gasteiger partial charge in [0.05, 0.1) is 29.3 Å². The highest BCUT2D eigenvalue weighted by Gasteiger charge is 2.18. The number of benzene rings is 2. The Bertz CT molecular complexity index is 846. The Morgan fingerprint density at radius 3 is 2.56 bits per heavy atom. The van der Waals surface area contributed by atoms with Gasteiger partial charge in [0, 0.05) is 26.2 Å². The molecule has 0 aromatic heterocycles. The Kier molecular flexibility index (Phi) is 6.97. The molecular formula is C21H25ClFN3O. The van der Waals surface area contributed by atoms with E-state index in [0.29, 0.717) is 5.56 Å². The van der Waals surface area contributed by atoms with Crippen LogP contribution in [0.15, 0.2) is 35.3 Å². The van der Waals surface area contributed by atoms with E-state index in [1.54, 1.807) is 25.5 Å². The van der Waals surface area contributed by atoms with Crippen LogP contribution in [0.2, 0.25) is 5.02 Å². The number of carbonyl (C=O) groups excluding carboxylic acids is 1. The largest absolute Gasteiger partial charge is 0.366 e. The first-order chi connectivity index (χ1) is 12.7. The lowest BCUT2D eigenvalue weighted by Gasteiger charge is -2.21. The van der Waals surface area contributed by atoms with Gasteiger partial charge in [0.25, 0.3) is 0 Å². The Hall–Kier alpha value is -2.40. The van der Waals surface area contributed by atoms with Crippen LogP contribution in [0, 0.1) is 19.7 Å². The summed E-state index contributed by atoms with van der Waals surface area (Å²) < 4.78 is 14.1. The van der Waals surface area contributed by atoms with Crippen molar-refractivity contribution in [2.24, 2.45) is 4.99 Å². The van der Waals surface area contributed by atoms with Crippen LogP contribution in [-0.4, -0.2) is 44.2 Å². The fourth-order valence-electron chi connectivity index (χ4n) is 2.72. The van der Waals surface area contributed by atoms with Crippen molar-refractivity contribution in [1.29, 1.82) is 0 Å². The van der Waals surface area contributed by atoms with Crippen LogP contribution in [0.5, 0.6) is 0 Å². The third-order valence-electron chi connectivity index (χ3n) is 4.44. The monoisotopic (exact) mass is 389 g/mol. The summed E-state index contributed by atoms with van der Waals surface area (Å²) in [6.45, 7) is 6.74. The Labute approximate surface area is 165 Å². The Morgan fingerprint density at radius 2 is 1.93 bits per heavy atom. The summed E-state index contributed by atoms with van der Waals surface area (Å²) in [5.74, 6) is -0.547. The van der Waals surface area contributed by atoms with Crippen LogP contribution in [0.4, 0.5) is 15.8 Å². The van der Waals surface area contributed by atoms with E-state index in [2.05, 4.69) is 4.99 Å². The maximum Gasteiger partial charge on any atom is 0.182 e. The number of Topliss-reactive ketones (excluding diaryl/α,β-unsaturated/α-hetero) is 1. The molecule has 0 saturated carbocycles. The highest BCUT2D eigenvalue weighted by Crippen LogP contribution is 2.29. The molecule has 2 aromatic carbocycles. The summed E-state index contributed by atoms with van der Waals surface area (Å²) in [4.78, 5) is 20.8. The number of anilines is 1. The number of para-hydroxylation sites is 1. The molecule has 0 unspecified atom stereocenters. The number of aliphatic imine (C=N–C) groups is 1. The first kappa shape index (κ1) is 20.9. The van der Waals surface area contributed by atoms with Crippen molar-refractivity contribution in [3.05, 3.63) is 57.9 Å². The molecule has 0 amide bonds. The second-order valence-electron chi connectivity index (χ2n) is 6.62. The van der Waals surface area contributed by atoms with Crippen LogP contribution in [0.3, 0.4) is 0 Å². The molecule has 4 nitrogen and oxygen atoms in total. The molecule has 144 valence electrons. The second kappa shape index (κ2) is 9.00. The van der Waals surface area contributed by atoms with Crippen molar-refractivity contribution in [3.8, 4) is 0 Å². The average molecular weight is 390 g/mol. The topological polar surface area (TPSA) is 35.9 Å². The maximum absolute atomic E-state index is 14.1. The van der Waals surface area contributed by atoms with Crippen molar-refractivity contribution >= 4 is 35.1 Å². The number of aryl methyl sites for hydroxylation is 2. The zero-order valence-electron chi connectivity index (χ0n) is 16.4. The predicted molar refractivity (Wildman–Crippen MR) is 111 cm³/mol. The third-order valence-corrected chi connectivity index (χ3v) is 4.74. The van der Waals surface area contributed by atoms with Gasteiger partial charge < -0.3 is 9.80 Å². The second-order valence-corrected chi connectivity index (χ2v) is 7.03. The van der Waals surface area contributed by atoms with Gasteiger partial charge in [0.15, 0.2) is 5.78 Å². The average Bonchev–Trinajstić information content (AvgIpc) is 2.61. The molecule has 2 aromatic rings. The minimum absolute atomic E-state index is 0.0299. The maximum atomic E-state index is 14.1. The number of halogens is 2. The fourth-order valence-corrected chi connectivity index (χ4v) is 3.02. The van der Waals surface area contributed by atoms with E-state index in [9.17, 15) is 9.18 Å². The van der Waals surface area contributed by atoms with Gasteiger partial charge in [-0.05, 0) is 56.2 Å². The first-order valence-corrected chi connectivity index (χ1v) is 9.16. The molecule has 0 fully saturated rings. The van der Waals surface area contributed by atoms with Crippen LogP contribution in [-0.2, 0) is 0 Å². The van der Waals surface area contributed by atoms with E-state index in [0.717, 1.165) is 23.4 Å². The van der Waals surface area contributed by atoms with E-state index >= 15 is 0 Å². The lowest BCUT2D eigenvalue weighted by atomic mass is 10.00. The molecule has 27 heavy (non-hydrogen) atoms. The standard InChI is InChI=1S/C21H25ClFN3O/c1-6-25(4)13-24-19-11-14(2)16(10-15(19)3)20(27)12-26(5)21-17(22)8-7-9-18(21)23/h7-11,13H,6,12H2,1-5H3/b24-13-. The fraction of sp³-hybridized carbons (Fsp3) is 0.333. The summed E-state index contributed by atoms with van der Waals surface area (Å²) in [7, 11) is 3.61. The van der Waals surface area contributed by atoms with E-state index in [1.807, 2.05) is 44.9 Å². The van der Waals surface area contributed by atoms with Gasteiger partial charge in [0.1, 0.15) is 5.82 Å². The zero-order valence-corrected chi connectivity index (χ0v) is 17.1. The van der Waals surface area contributed by atoms with Gasteiger partial charge in [0.2, 0.25) is 0 Å². The molecule has 0 aliphatic rings. The number of ketones is 1. The number of likely N-dealkylation sites (N-methyl/N-ethyl adjacent to an activating group) is 1. The van der Waals surface area contributed by atoms with Gasteiger partial charge in [-0.25, -0.2) is 9.38 Å². The van der Waals surface area contributed by atoms with Crippen LogP contribution >= 0.6 is 11.6 Å². The predicted octanol–water partition coefficient (Wildman–Crippen LogP) is 5.03. The highest BCUT2D eigenvalue weighted by atomic mass is 35.5. The molecule has 0 spiro atoms. The van der Waals surface area contributed by atoms with E-state index in [1.165, 1.54) is 11.0 Å². The Balaban J connectivity index is 2.24. The normalized spacial score (nSPS) is 11.1. The molecule has 0 bridgehead atoms. The molecule has 2 rings (SSSR count). The minimum Gasteiger partial charge on any atom is -0.366 e. The van der Waals surface area contributed by atoms with Gasteiger partial charge in [-0.15, -0.1) is 0 Å². The number of nitrogens with zero attached hydrogens (tertiary/aromatic N) is 3. The molecule has 0 N–H and O–H groups in total. The number of hydrogen-bond donors (Lipinski definition) is 0. The van der Waals surface area contributed by atoms with Crippen molar-refractivity contribution < 1.29 is 9.18 Å². The van der Waals surface area contributed by atoms with Gasteiger partial charge >= 0.3 is 0 Å². The molecule has 6 heteroatoms. The van der Waals surface area contributed by atoms with E-state index < -0.39 is 5.82 Å². The molecule has 0 aliphatic heterocycles. The zero-order chi connectivity index (χ0) is 20.1. The quantitative estimate of drug-likeness (QED) is 0.378. The molecule has 0 heterocycles. The van der Waals surface area contributed by atoms with Gasteiger partial charge in [-0.2, -0.15) is 0 Å². The summed E-state index contributed by atoms with van der Waals surface area (Å²) in [5, 5.41) is 0.280. The van der Waals surface area contributed by atoms with E-state index in [-0.39, 0.29) is 23.0 Å². The molecular weight excluding hydrogens is 365 g/mol. The SMILES string of the molecule is CCN(C)/C=N\c1cc(C)c(C(=O)CN(C)c2c(F)cccc2Cl)cc1C. The number of rotatable bonds is 7. The minimum atomic E-state index is -0.449. The lowest BCUT2D eigenvalue weighted by molar-refractivity contribution is 0.0999. The van der Waals surface area contributed by atoms with E-state index in [4.69, 9.17) is 11.6 Å². The summed E-state index contributed by atoms with van der Waals surface area (Å²) >= 11 is 6.09. The summed E-state index contributed by atoms with van der Waals surface area (Å²) in [6, 6.07) is 8.22. The van der Waals surface area contributed by atoms with Crippen molar-refractivity contribution in [3.63, 3.8) is 0 Å². The van der Waals surface area contributed by atoms with Crippen molar-refractivity contribution in [2.75, 3.05) is 32.1 Å². The number of hydrogen-bond acceptors (Lipinski definition) is 3.